The number of amides is 2. The molecule has 0 aromatic heterocycles. The molecule has 2 amide bonds. The number of hydrogen-bond donors (Lipinski definition) is 1. The number of nitrogens with zero attached hydrogens (tertiary/aromatic N) is 2. The Morgan fingerprint density at radius 1 is 1.16 bits per heavy atom. The zero-order chi connectivity index (χ0) is 17.8. The molecule has 2 heterocycles. The largest absolute Gasteiger partial charge is 0.368 e. The van der Waals surface area contributed by atoms with Crippen LogP contribution in [0.4, 0.5) is 0 Å². The first kappa shape index (κ1) is 17.7. The van der Waals surface area contributed by atoms with Crippen molar-refractivity contribution in [3.05, 3.63) is 41.5 Å². The third kappa shape index (κ3) is 4.28. The Bertz CT molecular complexity index is 663. The summed E-state index contributed by atoms with van der Waals surface area (Å²) in [7, 11) is 0. The van der Waals surface area contributed by atoms with Crippen molar-refractivity contribution in [3.63, 3.8) is 0 Å². The lowest BCUT2D eigenvalue weighted by Crippen LogP contribution is -2.51. The fourth-order valence-electron chi connectivity index (χ4n) is 4.00. The van der Waals surface area contributed by atoms with Gasteiger partial charge in [-0.05, 0) is 50.8 Å². The van der Waals surface area contributed by atoms with Crippen molar-refractivity contribution >= 4 is 17.9 Å². The number of benzene rings is 1. The number of carbonyl (C=O) groups is 2. The normalized spacial score (nSPS) is 22.6. The van der Waals surface area contributed by atoms with E-state index in [4.69, 9.17) is 5.73 Å². The molecule has 1 aromatic carbocycles. The first-order valence-electron chi connectivity index (χ1n) is 9.13. The summed E-state index contributed by atoms with van der Waals surface area (Å²) in [4.78, 5) is 28.1. The summed E-state index contributed by atoms with van der Waals surface area (Å²) in [6, 6.07) is 8.35. The third-order valence-corrected chi connectivity index (χ3v) is 5.33. The second-order valence-electron chi connectivity index (χ2n) is 7.10. The van der Waals surface area contributed by atoms with Gasteiger partial charge in [-0.2, -0.15) is 0 Å². The average molecular weight is 341 g/mol. The van der Waals surface area contributed by atoms with Gasteiger partial charge in [0, 0.05) is 25.2 Å². The maximum atomic E-state index is 12.4. The summed E-state index contributed by atoms with van der Waals surface area (Å²) in [5.41, 5.74) is 7.75. The van der Waals surface area contributed by atoms with E-state index in [9.17, 15) is 9.59 Å². The minimum Gasteiger partial charge on any atom is -0.368 e. The third-order valence-electron chi connectivity index (χ3n) is 5.33. The Kier molecular flexibility index (Phi) is 5.53. The van der Waals surface area contributed by atoms with Gasteiger partial charge >= 0.3 is 0 Å². The molecule has 0 saturated carbocycles. The Labute approximate surface area is 149 Å². The van der Waals surface area contributed by atoms with E-state index in [0.29, 0.717) is 6.04 Å². The van der Waals surface area contributed by atoms with E-state index in [1.165, 1.54) is 5.56 Å². The van der Waals surface area contributed by atoms with Crippen LogP contribution in [0.5, 0.6) is 0 Å². The lowest BCUT2D eigenvalue weighted by atomic mass is 10.0. The highest BCUT2D eigenvalue weighted by Gasteiger charge is 2.35. The molecule has 2 saturated heterocycles. The van der Waals surface area contributed by atoms with Crippen molar-refractivity contribution in [1.29, 1.82) is 0 Å². The first-order valence-corrected chi connectivity index (χ1v) is 9.13. The number of piperidine rings is 1. The molecular weight excluding hydrogens is 314 g/mol. The van der Waals surface area contributed by atoms with Crippen LogP contribution in [-0.2, 0) is 9.59 Å². The molecule has 3 rings (SSSR count). The molecule has 134 valence electrons. The summed E-state index contributed by atoms with van der Waals surface area (Å²) in [5, 5.41) is 0. The molecule has 0 bridgehead atoms. The van der Waals surface area contributed by atoms with E-state index in [-0.39, 0.29) is 17.9 Å². The average Bonchev–Trinajstić information content (AvgIpc) is 3.10. The molecule has 1 aromatic rings. The Balaban J connectivity index is 1.53. The van der Waals surface area contributed by atoms with Gasteiger partial charge in [0.1, 0.15) is 0 Å². The summed E-state index contributed by atoms with van der Waals surface area (Å²) in [6.07, 6.45) is 7.27. The van der Waals surface area contributed by atoms with E-state index < -0.39 is 0 Å². The number of nitrogens with two attached hydrogens (primary N) is 1. The number of hydrogen-bond acceptors (Lipinski definition) is 3. The van der Waals surface area contributed by atoms with Crippen molar-refractivity contribution in [3.8, 4) is 0 Å². The predicted molar refractivity (Wildman–Crippen MR) is 98.7 cm³/mol. The number of likely N-dealkylation sites (tertiary alicyclic amines) is 2. The van der Waals surface area contributed by atoms with Gasteiger partial charge in [0.2, 0.25) is 11.8 Å². The van der Waals surface area contributed by atoms with Crippen LogP contribution < -0.4 is 5.73 Å². The van der Waals surface area contributed by atoms with Crippen molar-refractivity contribution in [2.75, 3.05) is 19.6 Å². The highest BCUT2D eigenvalue weighted by Crippen LogP contribution is 2.26. The highest BCUT2D eigenvalue weighted by atomic mass is 16.2. The molecule has 0 unspecified atom stereocenters. The lowest BCUT2D eigenvalue weighted by Gasteiger charge is -2.38. The van der Waals surface area contributed by atoms with Crippen LogP contribution in [0.3, 0.4) is 0 Å². The number of primary amides is 1. The standard InChI is InChI=1S/C20H27N3O2/c1-15-4-2-5-16(14-15)7-8-19(24)22-12-9-17(10-13-22)23-11-3-6-18(23)20(21)25/h2,4-5,7-8,14,17-18H,3,6,9-13H2,1H3,(H2,21,25)/b8-7-/t18-/m1/s1. The van der Waals surface area contributed by atoms with Crippen LogP contribution in [0, 0.1) is 6.92 Å². The maximum Gasteiger partial charge on any atom is 0.246 e. The summed E-state index contributed by atoms with van der Waals surface area (Å²) >= 11 is 0. The fraction of sp³-hybridized carbons (Fsp3) is 0.500. The van der Waals surface area contributed by atoms with Gasteiger partial charge in [-0.15, -0.1) is 0 Å². The van der Waals surface area contributed by atoms with Crippen LogP contribution in [-0.4, -0.2) is 53.3 Å². The van der Waals surface area contributed by atoms with Crippen molar-refractivity contribution in [2.45, 2.75) is 44.7 Å². The zero-order valence-corrected chi connectivity index (χ0v) is 14.9. The van der Waals surface area contributed by atoms with Gasteiger partial charge in [-0.1, -0.05) is 29.8 Å². The topological polar surface area (TPSA) is 66.6 Å². The van der Waals surface area contributed by atoms with Crippen molar-refractivity contribution in [2.24, 2.45) is 5.73 Å². The van der Waals surface area contributed by atoms with Gasteiger partial charge in [0.15, 0.2) is 0 Å². The van der Waals surface area contributed by atoms with Gasteiger partial charge in [0.25, 0.3) is 0 Å². The minimum absolute atomic E-state index is 0.0628. The maximum absolute atomic E-state index is 12.4. The van der Waals surface area contributed by atoms with Gasteiger partial charge < -0.3 is 10.6 Å². The highest BCUT2D eigenvalue weighted by molar-refractivity contribution is 5.91. The molecule has 2 fully saturated rings. The molecule has 0 aliphatic carbocycles. The molecule has 2 aliphatic heterocycles. The monoisotopic (exact) mass is 341 g/mol. The second kappa shape index (κ2) is 7.83. The van der Waals surface area contributed by atoms with E-state index in [2.05, 4.69) is 11.0 Å². The number of rotatable bonds is 4. The summed E-state index contributed by atoms with van der Waals surface area (Å²) < 4.78 is 0. The molecule has 0 radical (unpaired) electrons. The number of aryl methyl sites for hydroxylation is 1. The van der Waals surface area contributed by atoms with Crippen LogP contribution in [0.15, 0.2) is 30.3 Å². The van der Waals surface area contributed by atoms with E-state index >= 15 is 0 Å². The van der Waals surface area contributed by atoms with Crippen molar-refractivity contribution in [1.82, 2.24) is 9.80 Å². The molecule has 2 aliphatic rings. The summed E-state index contributed by atoms with van der Waals surface area (Å²) in [6.45, 7) is 4.47. The lowest BCUT2D eigenvalue weighted by molar-refractivity contribution is -0.129. The first-order chi connectivity index (χ1) is 12.0. The minimum atomic E-state index is -0.211. The Hall–Kier alpha value is -2.14. The predicted octanol–water partition coefficient (Wildman–Crippen LogP) is 1.95. The molecule has 2 N–H and O–H groups in total. The molecular formula is C20H27N3O2. The van der Waals surface area contributed by atoms with Gasteiger partial charge in [-0.25, -0.2) is 0 Å². The molecule has 25 heavy (non-hydrogen) atoms. The van der Waals surface area contributed by atoms with Gasteiger partial charge in [-0.3, -0.25) is 14.5 Å². The van der Waals surface area contributed by atoms with E-state index in [1.54, 1.807) is 6.08 Å². The van der Waals surface area contributed by atoms with Crippen LogP contribution in [0.25, 0.3) is 6.08 Å². The fourth-order valence-corrected chi connectivity index (χ4v) is 4.00. The molecule has 0 spiro atoms. The smallest absolute Gasteiger partial charge is 0.246 e. The van der Waals surface area contributed by atoms with E-state index in [1.807, 2.05) is 36.1 Å². The Morgan fingerprint density at radius 3 is 2.60 bits per heavy atom. The van der Waals surface area contributed by atoms with Crippen molar-refractivity contribution < 1.29 is 9.59 Å². The Morgan fingerprint density at radius 2 is 1.92 bits per heavy atom. The van der Waals surface area contributed by atoms with E-state index in [0.717, 1.165) is 50.9 Å². The second-order valence-corrected chi connectivity index (χ2v) is 7.10. The number of carbonyl (C=O) groups excluding carboxylic acids is 2. The quantitative estimate of drug-likeness (QED) is 0.851. The SMILES string of the molecule is Cc1cccc(/C=C\C(=O)N2CCC(N3CCC[C@@H]3C(N)=O)CC2)c1. The summed E-state index contributed by atoms with van der Waals surface area (Å²) in [5.74, 6) is -0.148. The zero-order valence-electron chi connectivity index (χ0n) is 14.9. The molecule has 1 atom stereocenters. The van der Waals surface area contributed by atoms with Crippen LogP contribution in [0.2, 0.25) is 0 Å². The molecule has 5 nitrogen and oxygen atoms in total. The van der Waals surface area contributed by atoms with Crippen LogP contribution >= 0.6 is 0 Å². The van der Waals surface area contributed by atoms with Gasteiger partial charge in [0.05, 0.1) is 6.04 Å². The molecule has 5 heteroatoms. The van der Waals surface area contributed by atoms with Crippen LogP contribution in [0.1, 0.15) is 36.8 Å².